The summed E-state index contributed by atoms with van der Waals surface area (Å²) in [6, 6.07) is 3.55. The van der Waals surface area contributed by atoms with E-state index in [1.165, 1.54) is 6.07 Å². The monoisotopic (exact) mass is 220 g/mol. The van der Waals surface area contributed by atoms with Crippen LogP contribution in [0.4, 0.5) is 8.78 Å². The van der Waals surface area contributed by atoms with Crippen LogP contribution in [0.3, 0.4) is 0 Å². The van der Waals surface area contributed by atoms with E-state index in [0.717, 1.165) is 12.1 Å². The van der Waals surface area contributed by atoms with Crippen LogP contribution in [0.25, 0.3) is 0 Å². The lowest BCUT2D eigenvalue weighted by atomic mass is 10.2. The van der Waals surface area contributed by atoms with Crippen LogP contribution in [-0.4, -0.2) is 6.61 Å². The van der Waals surface area contributed by atoms with Gasteiger partial charge in [0.15, 0.2) is 8.03 Å². The standard InChI is InChI=1S/C9H11F2O2P/c1-2-13-14(12)6-7-8(10)4-3-5-9(7)11/h3-5,14H,2,6H2,1H3. The number of hydrogen-bond acceptors (Lipinski definition) is 2. The minimum atomic E-state index is -2.37. The third-order valence-electron chi connectivity index (χ3n) is 1.69. The molecule has 0 saturated heterocycles. The van der Waals surface area contributed by atoms with Crippen molar-refractivity contribution in [1.82, 2.24) is 0 Å². The van der Waals surface area contributed by atoms with E-state index >= 15 is 0 Å². The van der Waals surface area contributed by atoms with Gasteiger partial charge in [-0.15, -0.1) is 0 Å². The first-order valence-corrected chi connectivity index (χ1v) is 5.76. The summed E-state index contributed by atoms with van der Waals surface area (Å²) in [5, 5.41) is 0. The van der Waals surface area contributed by atoms with Gasteiger partial charge in [-0.05, 0) is 19.1 Å². The van der Waals surface area contributed by atoms with Crippen molar-refractivity contribution < 1.29 is 17.9 Å². The van der Waals surface area contributed by atoms with Gasteiger partial charge < -0.3 is 4.52 Å². The molecule has 0 N–H and O–H groups in total. The average molecular weight is 220 g/mol. The predicted octanol–water partition coefficient (Wildman–Crippen LogP) is 2.98. The molecular formula is C9H11F2O2P. The van der Waals surface area contributed by atoms with Crippen molar-refractivity contribution in [2.75, 3.05) is 6.61 Å². The zero-order chi connectivity index (χ0) is 10.6. The first-order valence-electron chi connectivity index (χ1n) is 4.23. The molecule has 0 spiro atoms. The van der Waals surface area contributed by atoms with Crippen molar-refractivity contribution in [2.24, 2.45) is 0 Å². The molecule has 0 radical (unpaired) electrons. The maximum Gasteiger partial charge on any atom is 0.196 e. The molecule has 1 aromatic carbocycles. The quantitative estimate of drug-likeness (QED) is 0.729. The third kappa shape index (κ3) is 2.89. The molecule has 78 valence electrons. The molecule has 0 fully saturated rings. The van der Waals surface area contributed by atoms with Crippen molar-refractivity contribution in [2.45, 2.75) is 13.1 Å². The summed E-state index contributed by atoms with van der Waals surface area (Å²) in [6.07, 6.45) is -0.184. The molecule has 1 rings (SSSR count). The highest BCUT2D eigenvalue weighted by Crippen LogP contribution is 2.30. The van der Waals surface area contributed by atoms with Gasteiger partial charge in [0.05, 0.1) is 12.8 Å². The molecule has 0 saturated carbocycles. The Morgan fingerprint density at radius 3 is 2.43 bits per heavy atom. The summed E-state index contributed by atoms with van der Waals surface area (Å²) in [5.41, 5.74) is -0.162. The van der Waals surface area contributed by atoms with Crippen LogP contribution in [0.1, 0.15) is 12.5 Å². The molecule has 0 aliphatic carbocycles. The van der Waals surface area contributed by atoms with Crippen molar-refractivity contribution in [1.29, 1.82) is 0 Å². The van der Waals surface area contributed by atoms with E-state index in [9.17, 15) is 13.3 Å². The van der Waals surface area contributed by atoms with Gasteiger partial charge in [0.25, 0.3) is 0 Å². The Hall–Kier alpha value is -0.730. The van der Waals surface area contributed by atoms with E-state index in [-0.39, 0.29) is 18.3 Å². The number of benzene rings is 1. The summed E-state index contributed by atoms with van der Waals surface area (Å²) in [4.78, 5) is 0. The van der Waals surface area contributed by atoms with Gasteiger partial charge in [0.1, 0.15) is 11.6 Å². The Labute approximate surface area is 81.8 Å². The molecule has 0 aromatic heterocycles. The van der Waals surface area contributed by atoms with Crippen LogP contribution in [0, 0.1) is 11.6 Å². The zero-order valence-corrected chi connectivity index (χ0v) is 8.72. The van der Waals surface area contributed by atoms with E-state index in [1.807, 2.05) is 0 Å². The Morgan fingerprint density at radius 2 is 1.93 bits per heavy atom. The summed E-state index contributed by atoms with van der Waals surface area (Å²) in [6.45, 7) is 1.97. The Morgan fingerprint density at radius 1 is 1.36 bits per heavy atom. The second kappa shape index (κ2) is 5.23. The molecule has 2 nitrogen and oxygen atoms in total. The SMILES string of the molecule is CCO[PH](=O)Cc1c(F)cccc1F. The fourth-order valence-corrected chi connectivity index (χ4v) is 2.11. The smallest absolute Gasteiger partial charge is 0.196 e. The summed E-state index contributed by atoms with van der Waals surface area (Å²) < 4.78 is 42.0. The summed E-state index contributed by atoms with van der Waals surface area (Å²) in [5.74, 6) is -1.36. The molecule has 0 heterocycles. The van der Waals surface area contributed by atoms with Crippen molar-refractivity contribution in [3.63, 3.8) is 0 Å². The second-order valence-corrected chi connectivity index (χ2v) is 4.07. The van der Waals surface area contributed by atoms with Gasteiger partial charge in [-0.25, -0.2) is 8.78 Å². The van der Waals surface area contributed by atoms with Crippen LogP contribution in [0.2, 0.25) is 0 Å². The number of halogens is 2. The topological polar surface area (TPSA) is 26.3 Å². The van der Waals surface area contributed by atoms with E-state index in [1.54, 1.807) is 6.92 Å². The second-order valence-electron chi connectivity index (χ2n) is 2.68. The molecule has 0 aliphatic rings. The van der Waals surface area contributed by atoms with Crippen LogP contribution < -0.4 is 0 Å². The van der Waals surface area contributed by atoms with Crippen molar-refractivity contribution in [3.8, 4) is 0 Å². The lowest BCUT2D eigenvalue weighted by Gasteiger charge is -2.04. The van der Waals surface area contributed by atoms with Gasteiger partial charge in [-0.1, -0.05) is 6.07 Å². The minimum absolute atomic E-state index is 0.162. The van der Waals surface area contributed by atoms with E-state index in [2.05, 4.69) is 0 Å². The average Bonchev–Trinajstić information content (AvgIpc) is 2.12. The van der Waals surface area contributed by atoms with Gasteiger partial charge in [-0.3, -0.25) is 4.57 Å². The van der Waals surface area contributed by atoms with Crippen LogP contribution >= 0.6 is 8.03 Å². The minimum Gasteiger partial charge on any atom is -0.331 e. The first kappa shape index (κ1) is 11.3. The first-order chi connectivity index (χ1) is 6.65. The molecule has 1 aromatic rings. The molecule has 14 heavy (non-hydrogen) atoms. The van der Waals surface area contributed by atoms with E-state index < -0.39 is 19.7 Å². The fourth-order valence-electron chi connectivity index (χ4n) is 1.06. The molecule has 1 unspecified atom stereocenters. The van der Waals surface area contributed by atoms with Gasteiger partial charge in [0.2, 0.25) is 0 Å². The fraction of sp³-hybridized carbons (Fsp3) is 0.333. The highest BCUT2D eigenvalue weighted by molar-refractivity contribution is 7.38. The molecule has 0 aliphatic heterocycles. The Bertz CT molecular complexity index is 321. The lowest BCUT2D eigenvalue weighted by Crippen LogP contribution is -1.93. The normalized spacial score (nSPS) is 12.8. The molecule has 1 atom stereocenters. The predicted molar refractivity (Wildman–Crippen MR) is 50.7 cm³/mol. The third-order valence-corrected chi connectivity index (χ3v) is 2.94. The highest BCUT2D eigenvalue weighted by atomic mass is 31.1. The van der Waals surface area contributed by atoms with Gasteiger partial charge in [0, 0.05) is 5.56 Å². The molecule has 0 bridgehead atoms. The van der Waals surface area contributed by atoms with E-state index in [4.69, 9.17) is 4.52 Å². The van der Waals surface area contributed by atoms with Crippen LogP contribution in [0.5, 0.6) is 0 Å². The van der Waals surface area contributed by atoms with Crippen molar-refractivity contribution >= 4 is 8.03 Å². The van der Waals surface area contributed by atoms with Crippen molar-refractivity contribution in [3.05, 3.63) is 35.4 Å². The van der Waals surface area contributed by atoms with Crippen LogP contribution in [-0.2, 0) is 15.3 Å². The van der Waals surface area contributed by atoms with Gasteiger partial charge in [-0.2, -0.15) is 0 Å². The largest absolute Gasteiger partial charge is 0.331 e. The maximum absolute atomic E-state index is 13.0. The van der Waals surface area contributed by atoms with E-state index in [0.29, 0.717) is 0 Å². The molecule has 0 amide bonds. The Balaban J connectivity index is 2.80. The zero-order valence-electron chi connectivity index (χ0n) is 7.72. The summed E-state index contributed by atoms with van der Waals surface area (Å²) in [7, 11) is -2.37. The maximum atomic E-state index is 13.0. The highest BCUT2D eigenvalue weighted by Gasteiger charge is 2.11. The number of rotatable bonds is 4. The molecule has 5 heteroatoms. The van der Waals surface area contributed by atoms with Gasteiger partial charge >= 0.3 is 0 Å². The lowest BCUT2D eigenvalue weighted by molar-refractivity contribution is 0.349. The summed E-state index contributed by atoms with van der Waals surface area (Å²) >= 11 is 0. The molecular weight excluding hydrogens is 209 g/mol. The van der Waals surface area contributed by atoms with Crippen LogP contribution in [0.15, 0.2) is 18.2 Å². The number of hydrogen-bond donors (Lipinski definition) is 0. The Kier molecular flexibility index (Phi) is 4.23.